The van der Waals surface area contributed by atoms with E-state index in [0.29, 0.717) is 23.9 Å². The van der Waals surface area contributed by atoms with Crippen LogP contribution in [0.25, 0.3) is 6.08 Å². The summed E-state index contributed by atoms with van der Waals surface area (Å²) in [6.45, 7) is 3.19. The van der Waals surface area contributed by atoms with Gasteiger partial charge in [0.05, 0.1) is 18.1 Å². The number of hydrogen-bond donors (Lipinski definition) is 3. The Morgan fingerprint density at radius 1 is 1.25 bits per heavy atom. The number of anilines is 1. The molecule has 0 saturated carbocycles. The van der Waals surface area contributed by atoms with E-state index in [1.165, 1.54) is 6.08 Å². The lowest BCUT2D eigenvalue weighted by Crippen LogP contribution is -2.32. The first-order valence-electron chi connectivity index (χ1n) is 11.0. The molecule has 4 rings (SSSR count). The van der Waals surface area contributed by atoms with Gasteiger partial charge in [0.25, 0.3) is 5.91 Å². The van der Waals surface area contributed by atoms with Gasteiger partial charge in [0.1, 0.15) is 11.6 Å². The molecule has 1 aromatic heterocycles. The van der Waals surface area contributed by atoms with Gasteiger partial charge in [0.2, 0.25) is 0 Å². The van der Waals surface area contributed by atoms with Crippen molar-refractivity contribution in [3.8, 4) is 5.75 Å². The molecule has 9 nitrogen and oxygen atoms in total. The summed E-state index contributed by atoms with van der Waals surface area (Å²) in [4.78, 5) is 28.2. The number of aromatic nitrogens is 2. The van der Waals surface area contributed by atoms with Gasteiger partial charge in [-0.1, -0.05) is 18.2 Å². The number of nitrogens with zero attached hydrogens (tertiary/aromatic N) is 3. The summed E-state index contributed by atoms with van der Waals surface area (Å²) in [5.41, 5.74) is 3.89. The van der Waals surface area contributed by atoms with Crippen LogP contribution in [-0.2, 0) is 20.9 Å². The van der Waals surface area contributed by atoms with Crippen LogP contribution in [0.4, 0.5) is 5.82 Å². The number of phenolic OH excluding ortho intramolecular Hbond substituents is 1. The van der Waals surface area contributed by atoms with Crippen molar-refractivity contribution in [2.24, 2.45) is 0 Å². The predicted octanol–water partition coefficient (Wildman–Crippen LogP) is 2.46. The Labute approximate surface area is 187 Å². The zero-order valence-corrected chi connectivity index (χ0v) is 17.9. The molecule has 2 fully saturated rings. The fourth-order valence-corrected chi connectivity index (χ4v) is 3.81. The van der Waals surface area contributed by atoms with E-state index < -0.39 is 0 Å². The lowest BCUT2D eigenvalue weighted by Gasteiger charge is -2.21. The van der Waals surface area contributed by atoms with Crippen LogP contribution in [0.15, 0.2) is 42.7 Å². The second-order valence-electron chi connectivity index (χ2n) is 8.03. The second-order valence-corrected chi connectivity index (χ2v) is 8.03. The van der Waals surface area contributed by atoms with Crippen molar-refractivity contribution >= 4 is 17.8 Å². The summed E-state index contributed by atoms with van der Waals surface area (Å²) in [7, 11) is 0. The van der Waals surface area contributed by atoms with E-state index in [1.807, 2.05) is 18.2 Å². The van der Waals surface area contributed by atoms with Crippen LogP contribution in [0.1, 0.15) is 36.9 Å². The van der Waals surface area contributed by atoms with Crippen LogP contribution < -0.4 is 10.8 Å². The molecular weight excluding hydrogens is 410 g/mol. The fourth-order valence-electron chi connectivity index (χ4n) is 3.81. The molecule has 0 radical (unpaired) electrons. The molecule has 2 saturated heterocycles. The maximum absolute atomic E-state index is 11.9. The average Bonchev–Trinajstić information content (AvgIpc) is 3.26. The van der Waals surface area contributed by atoms with Gasteiger partial charge < -0.3 is 15.2 Å². The normalized spacial score (nSPS) is 21.6. The highest BCUT2D eigenvalue weighted by atomic mass is 16.8. The summed E-state index contributed by atoms with van der Waals surface area (Å²) >= 11 is 0. The molecule has 2 aromatic rings. The number of hydrogen-bond acceptors (Lipinski definition) is 8. The molecule has 0 spiro atoms. The van der Waals surface area contributed by atoms with Gasteiger partial charge in [-0.3, -0.25) is 14.7 Å². The van der Waals surface area contributed by atoms with Gasteiger partial charge in [0, 0.05) is 50.3 Å². The summed E-state index contributed by atoms with van der Waals surface area (Å²) in [5.74, 6) is 0.651. The van der Waals surface area contributed by atoms with E-state index >= 15 is 0 Å². The first-order valence-corrected chi connectivity index (χ1v) is 11.0. The number of ether oxygens (including phenoxy) is 1. The first-order chi connectivity index (χ1) is 15.7. The van der Waals surface area contributed by atoms with Crippen molar-refractivity contribution in [1.29, 1.82) is 0 Å². The number of nitrogens with one attached hydrogen (secondary N) is 2. The number of aromatic hydroxyl groups is 1. The molecule has 2 aliphatic rings. The molecule has 3 N–H and O–H groups in total. The molecule has 0 bridgehead atoms. The van der Waals surface area contributed by atoms with Crippen molar-refractivity contribution < 1.29 is 19.5 Å². The summed E-state index contributed by atoms with van der Waals surface area (Å²) in [5, 5.41) is 13.4. The number of phenols is 1. The highest BCUT2D eigenvalue weighted by molar-refractivity contribution is 5.90. The summed E-state index contributed by atoms with van der Waals surface area (Å²) in [6, 6.07) is 7.70. The molecule has 1 unspecified atom stereocenters. The van der Waals surface area contributed by atoms with Gasteiger partial charge in [0.15, 0.2) is 6.29 Å². The molecule has 2 atom stereocenters. The fraction of sp³-hybridized carbons (Fsp3) is 0.435. The van der Waals surface area contributed by atoms with Crippen LogP contribution in [0.5, 0.6) is 5.75 Å². The lowest BCUT2D eigenvalue weighted by molar-refractivity contribution is -0.198. The number of carbonyl (C=O) groups excluding carboxylic acids is 1. The number of rotatable bonds is 8. The zero-order chi connectivity index (χ0) is 22.2. The first kappa shape index (κ1) is 22.2. The third-order valence-electron chi connectivity index (χ3n) is 5.52. The number of amides is 1. The SMILES string of the molecule is O=C(/C=C/c1cnc(N[C@@H]2CCN(Cc3ccccc3O)C2)cn1)NOC1CCCCO1. The molecule has 170 valence electrons. The topological polar surface area (TPSA) is 109 Å². The number of carbonyl (C=O) groups is 1. The van der Waals surface area contributed by atoms with E-state index in [1.54, 1.807) is 24.5 Å². The van der Waals surface area contributed by atoms with Gasteiger partial charge in [-0.05, 0) is 31.4 Å². The Bertz CT molecular complexity index is 915. The maximum atomic E-state index is 11.9. The van der Waals surface area contributed by atoms with Gasteiger partial charge in [-0.2, -0.15) is 0 Å². The molecule has 1 amide bonds. The van der Waals surface area contributed by atoms with Crippen LogP contribution in [0.3, 0.4) is 0 Å². The van der Waals surface area contributed by atoms with Crippen LogP contribution in [-0.4, -0.2) is 57.9 Å². The largest absolute Gasteiger partial charge is 0.508 e. The molecule has 1 aromatic carbocycles. The Morgan fingerprint density at radius 3 is 2.94 bits per heavy atom. The molecule has 0 aliphatic carbocycles. The number of likely N-dealkylation sites (tertiary alicyclic amines) is 1. The van der Waals surface area contributed by atoms with Crippen LogP contribution in [0.2, 0.25) is 0 Å². The van der Waals surface area contributed by atoms with Crippen molar-refractivity contribution in [3.05, 3.63) is 54.0 Å². The Hall–Kier alpha value is -3.01. The van der Waals surface area contributed by atoms with Crippen molar-refractivity contribution in [2.45, 2.75) is 44.6 Å². The van der Waals surface area contributed by atoms with E-state index in [9.17, 15) is 9.90 Å². The highest BCUT2D eigenvalue weighted by Gasteiger charge is 2.23. The Kier molecular flexibility index (Phi) is 7.65. The molecule has 32 heavy (non-hydrogen) atoms. The third-order valence-corrected chi connectivity index (χ3v) is 5.52. The van der Waals surface area contributed by atoms with Gasteiger partial charge >= 0.3 is 0 Å². The smallest absolute Gasteiger partial charge is 0.267 e. The minimum absolute atomic E-state index is 0.265. The molecule has 2 aliphatic heterocycles. The molecular formula is C23H29N5O4. The summed E-state index contributed by atoms with van der Waals surface area (Å²) < 4.78 is 5.40. The number of hydroxylamine groups is 1. The zero-order valence-electron chi connectivity index (χ0n) is 17.9. The Morgan fingerprint density at radius 2 is 2.16 bits per heavy atom. The summed E-state index contributed by atoms with van der Waals surface area (Å²) in [6.07, 6.45) is 9.65. The quantitative estimate of drug-likeness (QED) is 0.425. The highest BCUT2D eigenvalue weighted by Crippen LogP contribution is 2.21. The van der Waals surface area contributed by atoms with Gasteiger partial charge in [-0.25, -0.2) is 15.3 Å². The van der Waals surface area contributed by atoms with Gasteiger partial charge in [-0.15, -0.1) is 0 Å². The maximum Gasteiger partial charge on any atom is 0.267 e. The standard InChI is InChI=1S/C23H29N5O4/c29-20-6-2-1-5-17(20)15-28-11-10-19(16-28)26-21-14-24-18(13-25-21)8-9-22(30)27-32-23-7-3-4-12-31-23/h1-2,5-6,8-9,13-14,19,23,29H,3-4,7,10-12,15-16H2,(H,25,26)(H,27,30)/b9-8+/t19-,23?/m1/s1. The van der Waals surface area contributed by atoms with E-state index in [2.05, 4.69) is 25.7 Å². The van der Waals surface area contributed by atoms with Crippen molar-refractivity contribution in [3.63, 3.8) is 0 Å². The van der Waals surface area contributed by atoms with E-state index in [4.69, 9.17) is 9.57 Å². The lowest BCUT2D eigenvalue weighted by atomic mass is 10.2. The number of para-hydroxylation sites is 1. The third kappa shape index (κ3) is 6.49. The van der Waals surface area contributed by atoms with Crippen molar-refractivity contribution in [1.82, 2.24) is 20.3 Å². The van der Waals surface area contributed by atoms with Crippen LogP contribution in [0, 0.1) is 0 Å². The minimum atomic E-state index is -0.379. The monoisotopic (exact) mass is 439 g/mol. The minimum Gasteiger partial charge on any atom is -0.508 e. The Balaban J connectivity index is 1.20. The average molecular weight is 440 g/mol. The van der Waals surface area contributed by atoms with E-state index in [-0.39, 0.29) is 18.2 Å². The van der Waals surface area contributed by atoms with Crippen molar-refractivity contribution in [2.75, 3.05) is 25.0 Å². The number of benzene rings is 1. The van der Waals surface area contributed by atoms with Crippen LogP contribution >= 0.6 is 0 Å². The second kappa shape index (κ2) is 11.0. The molecule has 3 heterocycles. The molecule has 9 heteroatoms. The van der Waals surface area contributed by atoms with E-state index in [0.717, 1.165) is 50.9 Å². The predicted molar refractivity (Wildman–Crippen MR) is 119 cm³/mol.